The van der Waals surface area contributed by atoms with Gasteiger partial charge in [0.2, 0.25) is 0 Å². The highest BCUT2D eigenvalue weighted by Gasteiger charge is 2.31. The Bertz CT molecular complexity index is 825. The lowest BCUT2D eigenvalue weighted by molar-refractivity contribution is 0.0297. The summed E-state index contributed by atoms with van der Waals surface area (Å²) >= 11 is 0. The van der Waals surface area contributed by atoms with Crippen LogP contribution in [0.2, 0.25) is 0 Å². The summed E-state index contributed by atoms with van der Waals surface area (Å²) in [7, 11) is 0. The molecule has 156 valence electrons. The predicted molar refractivity (Wildman–Crippen MR) is 113 cm³/mol. The molecule has 1 N–H and O–H groups in total. The van der Waals surface area contributed by atoms with Gasteiger partial charge in [0.1, 0.15) is 0 Å². The first-order valence-corrected chi connectivity index (χ1v) is 10.8. The molecule has 6 nitrogen and oxygen atoms in total. The summed E-state index contributed by atoms with van der Waals surface area (Å²) in [4.78, 5) is 15.1. The van der Waals surface area contributed by atoms with Crippen LogP contribution >= 0.6 is 0 Å². The molecule has 6 heteroatoms. The number of fused-ring (bicyclic) bond motifs is 1. The Morgan fingerprint density at radius 2 is 2.00 bits per heavy atom. The van der Waals surface area contributed by atoms with E-state index in [0.29, 0.717) is 44.0 Å². The molecule has 1 aromatic carbocycles. The highest BCUT2D eigenvalue weighted by Crippen LogP contribution is 2.27. The quantitative estimate of drug-likeness (QED) is 0.816. The Morgan fingerprint density at radius 1 is 1.24 bits per heavy atom. The minimum Gasteiger partial charge on any atom is -0.378 e. The summed E-state index contributed by atoms with van der Waals surface area (Å²) in [5.74, 6) is 0.565. The van der Waals surface area contributed by atoms with Crippen LogP contribution in [0.25, 0.3) is 0 Å². The molecule has 0 radical (unpaired) electrons. The van der Waals surface area contributed by atoms with E-state index in [1.165, 1.54) is 11.3 Å². The Kier molecular flexibility index (Phi) is 6.31. The predicted octanol–water partition coefficient (Wildman–Crippen LogP) is 2.66. The first kappa shape index (κ1) is 20.1. The number of hydrogen-bond acceptors (Lipinski definition) is 4. The first-order valence-electron chi connectivity index (χ1n) is 10.8. The van der Waals surface area contributed by atoms with Crippen molar-refractivity contribution < 1.29 is 9.53 Å². The average molecular weight is 397 g/mol. The third kappa shape index (κ3) is 4.70. The number of benzene rings is 1. The normalized spacial score (nSPS) is 19.4. The molecule has 29 heavy (non-hydrogen) atoms. The van der Waals surface area contributed by atoms with Gasteiger partial charge in [-0.15, -0.1) is 0 Å². The lowest BCUT2D eigenvalue weighted by Gasteiger charge is -2.28. The number of nitrogens with zero attached hydrogens (tertiary/aromatic N) is 3. The van der Waals surface area contributed by atoms with E-state index in [2.05, 4.69) is 48.1 Å². The van der Waals surface area contributed by atoms with E-state index in [9.17, 15) is 4.79 Å². The van der Waals surface area contributed by atoms with Crippen LogP contribution < -0.4 is 5.32 Å². The van der Waals surface area contributed by atoms with E-state index in [0.717, 1.165) is 37.9 Å². The van der Waals surface area contributed by atoms with Crippen molar-refractivity contribution in [2.45, 2.75) is 52.2 Å². The molecule has 1 aromatic heterocycles. The Balaban J connectivity index is 1.53. The maximum absolute atomic E-state index is 13.2. The fourth-order valence-corrected chi connectivity index (χ4v) is 4.30. The number of rotatable bonds is 6. The van der Waals surface area contributed by atoms with Crippen molar-refractivity contribution >= 4 is 5.91 Å². The Labute approximate surface area is 173 Å². The molecule has 1 amide bonds. The second-order valence-electron chi connectivity index (χ2n) is 8.56. The lowest BCUT2D eigenvalue weighted by Crippen LogP contribution is -2.41. The maximum Gasteiger partial charge on any atom is 0.274 e. The van der Waals surface area contributed by atoms with Crippen LogP contribution in [0, 0.1) is 5.92 Å². The van der Waals surface area contributed by atoms with E-state index >= 15 is 0 Å². The summed E-state index contributed by atoms with van der Waals surface area (Å²) in [6.45, 7) is 8.65. The minimum absolute atomic E-state index is 0.0655. The van der Waals surface area contributed by atoms with Gasteiger partial charge in [0.15, 0.2) is 5.69 Å². The number of morpholine rings is 1. The standard InChI is InChI=1S/C23H32N4O2/c1-17(2)16-27-21-9-8-19(24-15-18-6-4-3-5-7-18)14-20(21)22(25-27)23(28)26-10-12-29-13-11-26/h3-7,17,19,24H,8-16H2,1-2H3. The molecular weight excluding hydrogens is 364 g/mol. The second kappa shape index (κ2) is 9.09. The van der Waals surface area contributed by atoms with Crippen molar-refractivity contribution in [3.05, 3.63) is 52.8 Å². The summed E-state index contributed by atoms with van der Waals surface area (Å²) < 4.78 is 7.52. The molecule has 0 bridgehead atoms. The summed E-state index contributed by atoms with van der Waals surface area (Å²) in [6, 6.07) is 10.9. The Morgan fingerprint density at radius 3 is 2.72 bits per heavy atom. The summed E-state index contributed by atoms with van der Waals surface area (Å²) in [5, 5.41) is 8.51. The van der Waals surface area contributed by atoms with Gasteiger partial charge in [-0.05, 0) is 30.7 Å². The van der Waals surface area contributed by atoms with Crippen molar-refractivity contribution in [3.8, 4) is 0 Å². The van der Waals surface area contributed by atoms with Crippen molar-refractivity contribution in [2.24, 2.45) is 5.92 Å². The number of carbonyl (C=O) groups is 1. The van der Waals surface area contributed by atoms with Gasteiger partial charge in [0.25, 0.3) is 5.91 Å². The van der Waals surface area contributed by atoms with E-state index in [4.69, 9.17) is 9.84 Å². The van der Waals surface area contributed by atoms with Gasteiger partial charge in [0, 0.05) is 43.5 Å². The van der Waals surface area contributed by atoms with E-state index in [-0.39, 0.29) is 5.91 Å². The summed E-state index contributed by atoms with van der Waals surface area (Å²) in [6.07, 6.45) is 2.92. The maximum atomic E-state index is 13.2. The van der Waals surface area contributed by atoms with Gasteiger partial charge in [-0.3, -0.25) is 9.48 Å². The molecule has 2 aromatic rings. The van der Waals surface area contributed by atoms with Crippen LogP contribution in [0.5, 0.6) is 0 Å². The highest BCUT2D eigenvalue weighted by molar-refractivity contribution is 5.94. The lowest BCUT2D eigenvalue weighted by atomic mass is 9.90. The van der Waals surface area contributed by atoms with Crippen LogP contribution in [0.3, 0.4) is 0 Å². The molecule has 1 unspecified atom stereocenters. The number of ether oxygens (including phenoxy) is 1. The SMILES string of the molecule is CC(C)Cn1nc(C(=O)N2CCOCC2)c2c1CCC(NCc1ccccc1)C2. The molecule has 1 fully saturated rings. The highest BCUT2D eigenvalue weighted by atomic mass is 16.5. The van der Waals surface area contributed by atoms with E-state index in [1.54, 1.807) is 0 Å². The largest absolute Gasteiger partial charge is 0.378 e. The number of nitrogens with one attached hydrogen (secondary N) is 1. The minimum atomic E-state index is 0.0655. The van der Waals surface area contributed by atoms with Gasteiger partial charge in [0.05, 0.1) is 13.2 Å². The van der Waals surface area contributed by atoms with Crippen LogP contribution in [0.1, 0.15) is 47.6 Å². The number of aromatic nitrogens is 2. The molecule has 2 aliphatic rings. The zero-order valence-corrected chi connectivity index (χ0v) is 17.6. The molecule has 0 saturated carbocycles. The van der Waals surface area contributed by atoms with E-state index in [1.807, 2.05) is 11.0 Å². The van der Waals surface area contributed by atoms with Gasteiger partial charge in [-0.25, -0.2) is 0 Å². The molecule has 1 saturated heterocycles. The zero-order valence-electron chi connectivity index (χ0n) is 17.6. The van der Waals surface area contributed by atoms with Crippen LogP contribution in [-0.2, 0) is 30.7 Å². The first-order chi connectivity index (χ1) is 14.1. The van der Waals surface area contributed by atoms with Crippen LogP contribution in [0.15, 0.2) is 30.3 Å². The second-order valence-corrected chi connectivity index (χ2v) is 8.56. The summed E-state index contributed by atoms with van der Waals surface area (Å²) in [5.41, 5.74) is 4.36. The molecule has 1 aliphatic heterocycles. The third-order valence-electron chi connectivity index (χ3n) is 5.82. The van der Waals surface area contributed by atoms with Crippen molar-refractivity contribution in [1.82, 2.24) is 20.0 Å². The molecule has 0 spiro atoms. The van der Waals surface area contributed by atoms with Crippen LogP contribution in [-0.4, -0.2) is 52.9 Å². The smallest absolute Gasteiger partial charge is 0.274 e. The van der Waals surface area contributed by atoms with Gasteiger partial charge >= 0.3 is 0 Å². The topological polar surface area (TPSA) is 59.4 Å². The Hall–Kier alpha value is -2.18. The molecule has 1 atom stereocenters. The number of amides is 1. The third-order valence-corrected chi connectivity index (χ3v) is 5.82. The average Bonchev–Trinajstić information content (AvgIpc) is 3.10. The fraction of sp³-hybridized carbons (Fsp3) is 0.565. The van der Waals surface area contributed by atoms with Gasteiger partial charge in [-0.1, -0.05) is 44.2 Å². The zero-order chi connectivity index (χ0) is 20.2. The number of hydrogen-bond donors (Lipinski definition) is 1. The molecule has 4 rings (SSSR count). The molecule has 1 aliphatic carbocycles. The molecule has 2 heterocycles. The number of carbonyl (C=O) groups excluding carboxylic acids is 1. The van der Waals surface area contributed by atoms with Crippen molar-refractivity contribution in [1.29, 1.82) is 0 Å². The van der Waals surface area contributed by atoms with Gasteiger partial charge in [-0.2, -0.15) is 5.10 Å². The van der Waals surface area contributed by atoms with Gasteiger partial charge < -0.3 is 15.0 Å². The van der Waals surface area contributed by atoms with Crippen LogP contribution in [0.4, 0.5) is 0 Å². The monoisotopic (exact) mass is 396 g/mol. The molecular formula is C23H32N4O2. The van der Waals surface area contributed by atoms with Crippen molar-refractivity contribution in [3.63, 3.8) is 0 Å². The fourth-order valence-electron chi connectivity index (χ4n) is 4.30. The van der Waals surface area contributed by atoms with E-state index < -0.39 is 0 Å². The van der Waals surface area contributed by atoms with Crippen molar-refractivity contribution in [2.75, 3.05) is 26.3 Å².